The zero-order chi connectivity index (χ0) is 12.5. The van der Waals surface area contributed by atoms with Gasteiger partial charge >= 0.3 is 11.9 Å². The lowest BCUT2D eigenvalue weighted by atomic mass is 10.2. The smallest absolute Gasteiger partial charge is 0.372 e. The van der Waals surface area contributed by atoms with Crippen LogP contribution in [-0.4, -0.2) is 22.6 Å². The van der Waals surface area contributed by atoms with Crippen LogP contribution in [0, 0.1) is 0 Å². The van der Waals surface area contributed by atoms with Crippen molar-refractivity contribution in [3.8, 4) is 5.95 Å². The van der Waals surface area contributed by atoms with E-state index in [0.717, 1.165) is 5.69 Å². The third-order valence-corrected chi connectivity index (χ3v) is 2.65. The van der Waals surface area contributed by atoms with Crippen LogP contribution < -0.4 is 10.1 Å². The zero-order valence-electron chi connectivity index (χ0n) is 9.29. The molecule has 92 valence electrons. The van der Waals surface area contributed by atoms with Crippen LogP contribution in [0.15, 0.2) is 34.9 Å². The Balaban J connectivity index is 1.87. The number of rotatable bonds is 2. The minimum absolute atomic E-state index is 0.144. The molecule has 3 heterocycles. The first-order chi connectivity index (χ1) is 8.74. The van der Waals surface area contributed by atoms with Gasteiger partial charge in [0.1, 0.15) is 5.69 Å². The summed E-state index contributed by atoms with van der Waals surface area (Å²) in [6, 6.07) is 6.94. The maximum absolute atomic E-state index is 10.8. The molecule has 1 aliphatic heterocycles. The second-order valence-electron chi connectivity index (χ2n) is 3.86. The average Bonchev–Trinajstić information content (AvgIpc) is 2.82. The third-order valence-electron chi connectivity index (χ3n) is 2.65. The molecule has 2 aromatic rings. The number of hydrogen-bond acceptors (Lipinski definition) is 5. The molecule has 0 fully saturated rings. The molecule has 1 unspecified atom stereocenters. The molecule has 1 atom stereocenters. The number of aromatic carboxylic acids is 1. The van der Waals surface area contributed by atoms with Gasteiger partial charge in [-0.3, -0.25) is 4.98 Å². The molecule has 0 spiro atoms. The number of nitrogens with zero attached hydrogens (tertiary/aromatic N) is 1. The van der Waals surface area contributed by atoms with Gasteiger partial charge in [0.25, 0.3) is 0 Å². The minimum Gasteiger partial charge on any atom is -0.475 e. The van der Waals surface area contributed by atoms with E-state index in [2.05, 4.69) is 10.3 Å². The van der Waals surface area contributed by atoms with Gasteiger partial charge in [0, 0.05) is 12.3 Å². The Bertz CT molecular complexity index is 579. The van der Waals surface area contributed by atoms with Crippen LogP contribution in [-0.2, 0) is 0 Å². The van der Waals surface area contributed by atoms with E-state index in [0.29, 0.717) is 12.2 Å². The summed E-state index contributed by atoms with van der Waals surface area (Å²) >= 11 is 0. The molecule has 0 aliphatic carbocycles. The van der Waals surface area contributed by atoms with Gasteiger partial charge in [0.15, 0.2) is 6.10 Å². The first-order valence-electron chi connectivity index (χ1n) is 5.42. The molecule has 2 N–H and O–H groups in total. The predicted octanol–water partition coefficient (Wildman–Crippen LogP) is 1.92. The number of anilines is 1. The summed E-state index contributed by atoms with van der Waals surface area (Å²) in [4.78, 5) is 15.0. The van der Waals surface area contributed by atoms with Crippen molar-refractivity contribution in [3.63, 3.8) is 0 Å². The van der Waals surface area contributed by atoms with Crippen LogP contribution in [0.25, 0.3) is 0 Å². The zero-order valence-corrected chi connectivity index (χ0v) is 9.29. The number of carboxylic acid groups (broad SMARTS) is 1. The Labute approximate surface area is 102 Å². The molecular formula is C12H10N2O4. The largest absolute Gasteiger partial charge is 0.475 e. The molecule has 3 rings (SSSR count). The Hall–Kier alpha value is -2.50. The Kier molecular flexibility index (Phi) is 2.40. The molecule has 0 bridgehead atoms. The quantitative estimate of drug-likeness (QED) is 0.842. The maximum atomic E-state index is 10.8. The van der Waals surface area contributed by atoms with Gasteiger partial charge < -0.3 is 19.6 Å². The molecule has 0 radical (unpaired) electrons. The summed E-state index contributed by atoms with van der Waals surface area (Å²) in [7, 11) is 0. The molecule has 0 aromatic carbocycles. The molecule has 18 heavy (non-hydrogen) atoms. The van der Waals surface area contributed by atoms with Gasteiger partial charge in [0.2, 0.25) is 5.76 Å². The lowest BCUT2D eigenvalue weighted by Crippen LogP contribution is -2.23. The van der Waals surface area contributed by atoms with Crippen molar-refractivity contribution in [1.29, 1.82) is 0 Å². The summed E-state index contributed by atoms with van der Waals surface area (Å²) in [5.41, 5.74) is 1.32. The summed E-state index contributed by atoms with van der Waals surface area (Å²) in [5.74, 6) is -1.08. The number of hydrogen-bond donors (Lipinski definition) is 2. The molecule has 1 aliphatic rings. The normalized spacial score (nSPS) is 17.4. The molecular weight excluding hydrogens is 236 g/mol. The van der Waals surface area contributed by atoms with Crippen LogP contribution in [0.2, 0.25) is 0 Å². The predicted molar refractivity (Wildman–Crippen MR) is 61.8 cm³/mol. The standard InChI is InChI=1S/C12H10N2O4/c15-11(16)9-5-8-12(17-9)18-10(6-14-8)7-3-1-2-4-13-7/h1-5,10,14H,6H2,(H,15,16). The lowest BCUT2D eigenvalue weighted by Gasteiger charge is -2.22. The first-order valence-corrected chi connectivity index (χ1v) is 5.42. The molecule has 0 saturated heterocycles. The highest BCUT2D eigenvalue weighted by Gasteiger charge is 2.27. The molecule has 6 heteroatoms. The number of carboxylic acids is 1. The van der Waals surface area contributed by atoms with Crippen LogP contribution in [0.4, 0.5) is 5.69 Å². The number of furan rings is 1. The van der Waals surface area contributed by atoms with Crippen LogP contribution in [0.5, 0.6) is 5.95 Å². The van der Waals surface area contributed by atoms with Gasteiger partial charge in [-0.2, -0.15) is 0 Å². The highest BCUT2D eigenvalue weighted by Crippen LogP contribution is 2.36. The number of aromatic nitrogens is 1. The van der Waals surface area contributed by atoms with E-state index < -0.39 is 5.97 Å². The number of fused-ring (bicyclic) bond motifs is 1. The Morgan fingerprint density at radius 3 is 3.11 bits per heavy atom. The monoisotopic (exact) mass is 246 g/mol. The molecule has 6 nitrogen and oxygen atoms in total. The Morgan fingerprint density at radius 1 is 1.50 bits per heavy atom. The number of pyridine rings is 1. The van der Waals surface area contributed by atoms with Crippen LogP contribution in [0.3, 0.4) is 0 Å². The topological polar surface area (TPSA) is 84.6 Å². The third kappa shape index (κ3) is 1.77. The van der Waals surface area contributed by atoms with Crippen LogP contribution >= 0.6 is 0 Å². The van der Waals surface area contributed by atoms with E-state index in [9.17, 15) is 4.79 Å². The number of ether oxygens (including phenoxy) is 1. The highest BCUT2D eigenvalue weighted by molar-refractivity contribution is 5.86. The van der Waals surface area contributed by atoms with Gasteiger partial charge in [-0.1, -0.05) is 6.07 Å². The van der Waals surface area contributed by atoms with Gasteiger partial charge in [0.05, 0.1) is 12.2 Å². The van der Waals surface area contributed by atoms with E-state index in [4.69, 9.17) is 14.3 Å². The van der Waals surface area contributed by atoms with Crippen molar-refractivity contribution in [2.75, 3.05) is 11.9 Å². The molecule has 0 amide bonds. The van der Waals surface area contributed by atoms with Gasteiger partial charge in [-0.25, -0.2) is 4.79 Å². The summed E-state index contributed by atoms with van der Waals surface area (Å²) < 4.78 is 10.7. The van der Waals surface area contributed by atoms with Gasteiger partial charge in [-0.05, 0) is 12.1 Å². The summed E-state index contributed by atoms with van der Waals surface area (Å²) in [5, 5.41) is 11.9. The van der Waals surface area contributed by atoms with Crippen molar-refractivity contribution in [1.82, 2.24) is 4.98 Å². The van der Waals surface area contributed by atoms with Crippen molar-refractivity contribution < 1.29 is 19.1 Å². The fourth-order valence-electron chi connectivity index (χ4n) is 1.80. The van der Waals surface area contributed by atoms with Crippen LogP contribution in [0.1, 0.15) is 22.4 Å². The second kappa shape index (κ2) is 4.06. The number of carbonyl (C=O) groups is 1. The molecule has 0 saturated carbocycles. The number of nitrogens with one attached hydrogen (secondary N) is 1. The molecule has 2 aromatic heterocycles. The van der Waals surface area contributed by atoms with E-state index in [1.165, 1.54) is 6.07 Å². The van der Waals surface area contributed by atoms with Crippen molar-refractivity contribution in [3.05, 3.63) is 41.9 Å². The minimum atomic E-state index is -1.12. The van der Waals surface area contributed by atoms with Crippen molar-refractivity contribution in [2.45, 2.75) is 6.10 Å². The van der Waals surface area contributed by atoms with E-state index >= 15 is 0 Å². The van der Waals surface area contributed by atoms with E-state index in [-0.39, 0.29) is 17.8 Å². The SMILES string of the molecule is O=C(O)c1cc2c(o1)OC(c1ccccn1)CN2. The van der Waals surface area contributed by atoms with Crippen molar-refractivity contribution >= 4 is 11.7 Å². The van der Waals surface area contributed by atoms with E-state index in [1.54, 1.807) is 6.20 Å². The van der Waals surface area contributed by atoms with Crippen molar-refractivity contribution in [2.24, 2.45) is 0 Å². The lowest BCUT2D eigenvalue weighted by molar-refractivity contribution is 0.0645. The fourth-order valence-corrected chi connectivity index (χ4v) is 1.80. The highest BCUT2D eigenvalue weighted by atomic mass is 16.6. The van der Waals surface area contributed by atoms with E-state index in [1.807, 2.05) is 18.2 Å². The maximum Gasteiger partial charge on any atom is 0.372 e. The Morgan fingerprint density at radius 2 is 2.39 bits per heavy atom. The van der Waals surface area contributed by atoms with Gasteiger partial charge in [-0.15, -0.1) is 0 Å². The second-order valence-corrected chi connectivity index (χ2v) is 3.86. The summed E-state index contributed by atoms with van der Waals surface area (Å²) in [6.07, 6.45) is 1.39. The summed E-state index contributed by atoms with van der Waals surface area (Å²) in [6.45, 7) is 0.516. The fraction of sp³-hybridized carbons (Fsp3) is 0.167. The average molecular weight is 246 g/mol. The first kappa shape index (κ1) is 10.6.